The molecule has 0 aromatic rings. The maximum absolute atomic E-state index is 13.1. The Kier molecular flexibility index (Phi) is 4.88. The van der Waals surface area contributed by atoms with Crippen LogP contribution >= 0.6 is 11.8 Å². The minimum absolute atomic E-state index is 0.141. The van der Waals surface area contributed by atoms with Crippen molar-refractivity contribution in [3.05, 3.63) is 11.0 Å². The molecular formula is C20H33NOS. The molecule has 0 spiro atoms. The predicted molar refractivity (Wildman–Crippen MR) is 99.4 cm³/mol. The van der Waals surface area contributed by atoms with Crippen LogP contribution in [-0.4, -0.2) is 29.1 Å². The molecule has 0 radical (unpaired) electrons. The quantitative estimate of drug-likeness (QED) is 0.640. The number of carbonyl (C=O) groups excluding carboxylic acids is 1. The zero-order valence-corrected chi connectivity index (χ0v) is 16.2. The Hall–Kier alpha value is -0.440. The summed E-state index contributed by atoms with van der Waals surface area (Å²) in [5.41, 5.74) is 0.736. The summed E-state index contributed by atoms with van der Waals surface area (Å²) in [6.45, 7) is 10.4. The lowest BCUT2D eigenvalue weighted by Crippen LogP contribution is -2.40. The topological polar surface area (TPSA) is 20.3 Å². The second-order valence-electron chi connectivity index (χ2n) is 9.19. The molecule has 2 fully saturated rings. The lowest BCUT2D eigenvalue weighted by Gasteiger charge is -2.39. The van der Waals surface area contributed by atoms with Crippen LogP contribution in [0.2, 0.25) is 0 Å². The van der Waals surface area contributed by atoms with E-state index in [9.17, 15) is 4.79 Å². The number of allylic oxidation sites excluding steroid dienone is 1. The van der Waals surface area contributed by atoms with Crippen LogP contribution < -0.4 is 0 Å². The first-order valence-electron chi connectivity index (χ1n) is 9.46. The molecule has 2 nitrogen and oxygen atoms in total. The van der Waals surface area contributed by atoms with Crippen LogP contribution in [0.15, 0.2) is 11.0 Å². The number of fused-ring (bicyclic) bond motifs is 2. The molecule has 3 rings (SSSR count). The van der Waals surface area contributed by atoms with Gasteiger partial charge in [-0.2, -0.15) is 0 Å². The highest BCUT2D eigenvalue weighted by Gasteiger charge is 2.51. The average molecular weight is 336 g/mol. The molecule has 1 aliphatic carbocycles. The molecule has 0 aromatic carbocycles. The number of carbonyl (C=O) groups is 1. The lowest BCUT2D eigenvalue weighted by molar-refractivity contribution is -0.134. The third kappa shape index (κ3) is 3.81. The summed E-state index contributed by atoms with van der Waals surface area (Å²) in [5, 5.41) is 0. The van der Waals surface area contributed by atoms with Crippen LogP contribution in [0.1, 0.15) is 72.6 Å². The molecule has 23 heavy (non-hydrogen) atoms. The van der Waals surface area contributed by atoms with E-state index in [1.807, 2.05) is 11.8 Å². The van der Waals surface area contributed by atoms with Gasteiger partial charge in [-0.3, -0.25) is 4.79 Å². The van der Waals surface area contributed by atoms with Crippen LogP contribution in [-0.2, 0) is 4.79 Å². The molecule has 3 unspecified atom stereocenters. The summed E-state index contributed by atoms with van der Waals surface area (Å²) < 4.78 is 0. The fourth-order valence-electron chi connectivity index (χ4n) is 5.30. The summed E-state index contributed by atoms with van der Waals surface area (Å²) in [4.78, 5) is 16.8. The fraction of sp³-hybridized carbons (Fsp3) is 0.850. The zero-order chi connectivity index (χ0) is 16.7. The Morgan fingerprint density at radius 2 is 2.09 bits per heavy atom. The normalized spacial score (nSPS) is 35.5. The monoisotopic (exact) mass is 335 g/mol. The molecule has 1 saturated heterocycles. The van der Waals surface area contributed by atoms with E-state index in [0.717, 1.165) is 12.3 Å². The van der Waals surface area contributed by atoms with E-state index in [-0.39, 0.29) is 5.92 Å². The summed E-state index contributed by atoms with van der Waals surface area (Å²) in [7, 11) is 0. The van der Waals surface area contributed by atoms with Crippen molar-refractivity contribution in [2.45, 2.75) is 78.7 Å². The highest BCUT2D eigenvalue weighted by atomic mass is 32.2. The van der Waals surface area contributed by atoms with E-state index in [4.69, 9.17) is 0 Å². The molecule has 2 aliphatic heterocycles. The number of likely N-dealkylation sites (tertiary alicyclic amines) is 1. The molecule has 3 atom stereocenters. The van der Waals surface area contributed by atoms with Crippen LogP contribution in [0.5, 0.6) is 0 Å². The first-order chi connectivity index (χ1) is 10.8. The molecule has 0 N–H and O–H groups in total. The maximum Gasteiger partial charge on any atom is 0.230 e. The second kappa shape index (κ2) is 6.46. The van der Waals surface area contributed by atoms with Gasteiger partial charge in [0.1, 0.15) is 0 Å². The molecule has 1 amide bonds. The number of hydrogen-bond acceptors (Lipinski definition) is 2. The summed E-state index contributed by atoms with van der Waals surface area (Å²) in [6, 6.07) is 0.485. The molecule has 2 heterocycles. The van der Waals surface area contributed by atoms with Crippen molar-refractivity contribution in [1.29, 1.82) is 0 Å². The average Bonchev–Trinajstić information content (AvgIpc) is 3.00. The zero-order valence-electron chi connectivity index (χ0n) is 15.4. The van der Waals surface area contributed by atoms with Gasteiger partial charge in [0.2, 0.25) is 5.91 Å². The van der Waals surface area contributed by atoms with Gasteiger partial charge in [-0.1, -0.05) is 46.6 Å². The Morgan fingerprint density at radius 1 is 1.30 bits per heavy atom. The highest BCUT2D eigenvalue weighted by Crippen LogP contribution is 2.53. The Morgan fingerprint density at radius 3 is 2.83 bits per heavy atom. The van der Waals surface area contributed by atoms with Crippen LogP contribution in [0, 0.1) is 16.7 Å². The van der Waals surface area contributed by atoms with E-state index >= 15 is 0 Å². The second-order valence-corrected chi connectivity index (χ2v) is 10.3. The number of hydrogen-bond donors (Lipinski definition) is 0. The van der Waals surface area contributed by atoms with Crippen molar-refractivity contribution in [1.82, 2.24) is 4.90 Å². The number of rotatable bonds is 5. The number of thioether (sulfide) groups is 1. The molecule has 3 heteroatoms. The minimum Gasteiger partial charge on any atom is -0.339 e. The lowest BCUT2D eigenvalue weighted by atomic mass is 9.65. The van der Waals surface area contributed by atoms with Crippen molar-refractivity contribution in [2.75, 3.05) is 12.3 Å². The molecular weight excluding hydrogens is 302 g/mol. The number of amides is 1. The van der Waals surface area contributed by atoms with Crippen molar-refractivity contribution in [3.63, 3.8) is 0 Å². The van der Waals surface area contributed by atoms with Gasteiger partial charge >= 0.3 is 0 Å². The Balaban J connectivity index is 1.63. The van der Waals surface area contributed by atoms with Crippen molar-refractivity contribution in [2.24, 2.45) is 16.7 Å². The number of nitrogens with zero attached hydrogens (tertiary/aromatic N) is 1. The third-order valence-electron chi connectivity index (χ3n) is 5.88. The Bertz CT molecular complexity index is 498. The van der Waals surface area contributed by atoms with E-state index in [1.165, 1.54) is 49.9 Å². The summed E-state index contributed by atoms with van der Waals surface area (Å²) >= 11 is 1.93. The highest BCUT2D eigenvalue weighted by molar-refractivity contribution is 8.03. The standard InChI is InChI=1S/C20H33NOS/c1-5-6-7-8-17-9-15(12-23-17)18(22)21-14-20(4)11-16(21)10-19(2,3)13-20/h9,15-16H,5-8,10-14H2,1-4H3. The smallest absolute Gasteiger partial charge is 0.230 e. The first-order valence-corrected chi connectivity index (χ1v) is 10.4. The van der Waals surface area contributed by atoms with Crippen LogP contribution in [0.4, 0.5) is 0 Å². The summed E-state index contributed by atoms with van der Waals surface area (Å²) in [5.74, 6) is 1.53. The largest absolute Gasteiger partial charge is 0.339 e. The molecule has 2 bridgehead atoms. The van der Waals surface area contributed by atoms with Crippen LogP contribution in [0.3, 0.4) is 0 Å². The molecule has 3 aliphatic rings. The van der Waals surface area contributed by atoms with Crippen molar-refractivity contribution >= 4 is 17.7 Å². The number of unbranched alkanes of at least 4 members (excludes halogenated alkanes) is 2. The van der Waals surface area contributed by atoms with Gasteiger partial charge in [0, 0.05) is 18.3 Å². The van der Waals surface area contributed by atoms with Crippen LogP contribution in [0.25, 0.3) is 0 Å². The van der Waals surface area contributed by atoms with E-state index in [1.54, 1.807) is 0 Å². The predicted octanol–water partition coefficient (Wildman–Crippen LogP) is 5.24. The molecule has 0 aromatic heterocycles. The van der Waals surface area contributed by atoms with E-state index in [2.05, 4.69) is 38.7 Å². The van der Waals surface area contributed by atoms with Gasteiger partial charge in [-0.05, 0) is 47.8 Å². The minimum atomic E-state index is 0.141. The van der Waals surface area contributed by atoms with Crippen molar-refractivity contribution in [3.8, 4) is 0 Å². The van der Waals surface area contributed by atoms with Gasteiger partial charge in [0.15, 0.2) is 0 Å². The van der Waals surface area contributed by atoms with E-state index < -0.39 is 0 Å². The van der Waals surface area contributed by atoms with Gasteiger partial charge < -0.3 is 4.90 Å². The molecule has 1 saturated carbocycles. The molecule has 130 valence electrons. The van der Waals surface area contributed by atoms with E-state index in [0.29, 0.717) is 22.8 Å². The first kappa shape index (κ1) is 17.4. The maximum atomic E-state index is 13.1. The fourth-order valence-corrected chi connectivity index (χ4v) is 6.48. The summed E-state index contributed by atoms with van der Waals surface area (Å²) in [6.07, 6.45) is 11.0. The van der Waals surface area contributed by atoms with Gasteiger partial charge in [0.25, 0.3) is 0 Å². The third-order valence-corrected chi connectivity index (χ3v) is 7.11. The van der Waals surface area contributed by atoms with Gasteiger partial charge in [0.05, 0.1) is 5.92 Å². The van der Waals surface area contributed by atoms with Crippen molar-refractivity contribution < 1.29 is 4.79 Å². The van der Waals surface area contributed by atoms with Gasteiger partial charge in [-0.25, -0.2) is 0 Å². The SMILES string of the molecule is CCCCCC1=CC(C(=O)N2CC3(C)CC2CC(C)(C)C3)CS1. The van der Waals surface area contributed by atoms with Gasteiger partial charge in [-0.15, -0.1) is 11.8 Å². The Labute approximate surface area is 146 Å².